The number of halogens is 1. The first-order valence-corrected chi connectivity index (χ1v) is 8.94. The summed E-state index contributed by atoms with van der Waals surface area (Å²) in [5.41, 5.74) is -0.363. The molecular weight excluding hydrogens is 425 g/mol. The van der Waals surface area contributed by atoms with Crippen molar-refractivity contribution in [2.75, 3.05) is 18.1 Å². The molecule has 5 rings (SSSR count). The van der Waals surface area contributed by atoms with Gasteiger partial charge in [0.15, 0.2) is 11.9 Å². The van der Waals surface area contributed by atoms with Crippen molar-refractivity contribution < 1.29 is 23.8 Å². The number of imide groups is 1. The largest absolute Gasteiger partial charge is 0.357 e. The van der Waals surface area contributed by atoms with Crippen LogP contribution in [0.25, 0.3) is 0 Å². The number of para-hydroxylation sites is 1. The van der Waals surface area contributed by atoms with Crippen LogP contribution in [-0.4, -0.2) is 43.0 Å². The lowest BCUT2D eigenvalue weighted by Crippen LogP contribution is -2.49. The molecule has 0 N–H and O–H groups in total. The van der Waals surface area contributed by atoms with Crippen LogP contribution in [0.5, 0.6) is 0 Å². The van der Waals surface area contributed by atoms with Crippen molar-refractivity contribution >= 4 is 40.1 Å². The first-order chi connectivity index (χ1) is 11.6. The molecule has 7 heteroatoms. The van der Waals surface area contributed by atoms with E-state index in [2.05, 4.69) is 22.6 Å². The topological polar surface area (TPSA) is 65.1 Å². The van der Waals surface area contributed by atoms with E-state index in [0.717, 1.165) is 3.57 Å². The smallest absolute Gasteiger partial charge is 0.241 e. The third-order valence-electron chi connectivity index (χ3n) is 5.16. The number of fused-ring (bicyclic) bond motifs is 5. The minimum atomic E-state index is -0.993. The van der Waals surface area contributed by atoms with Gasteiger partial charge in [-0.05, 0) is 40.8 Å². The predicted molar refractivity (Wildman–Crippen MR) is 91.1 cm³/mol. The average molecular weight is 439 g/mol. The van der Waals surface area contributed by atoms with E-state index in [1.807, 2.05) is 30.4 Å². The first-order valence-electron chi connectivity index (χ1n) is 7.86. The maximum absolute atomic E-state index is 13.2. The Balaban J connectivity index is 1.59. The van der Waals surface area contributed by atoms with Gasteiger partial charge in [-0.2, -0.15) is 0 Å². The lowest BCUT2D eigenvalue weighted by molar-refractivity contribution is -0.180. The summed E-state index contributed by atoms with van der Waals surface area (Å²) in [6, 6.07) is 7.39. The molecule has 1 aromatic carbocycles. The van der Waals surface area contributed by atoms with E-state index in [9.17, 15) is 9.59 Å². The van der Waals surface area contributed by atoms with Crippen LogP contribution >= 0.6 is 22.6 Å². The maximum Gasteiger partial charge on any atom is 0.241 e. The Hall–Kier alpha value is -1.29. The minimum absolute atomic E-state index is 0.205. The molecule has 6 nitrogen and oxygen atoms in total. The van der Waals surface area contributed by atoms with E-state index < -0.39 is 29.8 Å². The van der Waals surface area contributed by atoms with Gasteiger partial charge in [-0.15, -0.1) is 0 Å². The summed E-state index contributed by atoms with van der Waals surface area (Å²) >= 11 is 2.14. The third-order valence-corrected chi connectivity index (χ3v) is 6.07. The van der Waals surface area contributed by atoms with Crippen LogP contribution in [0.4, 0.5) is 5.69 Å². The van der Waals surface area contributed by atoms with Gasteiger partial charge in [-0.25, -0.2) is 4.90 Å². The van der Waals surface area contributed by atoms with Crippen LogP contribution in [0.1, 0.15) is 0 Å². The van der Waals surface area contributed by atoms with Crippen molar-refractivity contribution in [3.8, 4) is 0 Å². The second-order valence-electron chi connectivity index (χ2n) is 6.34. The maximum atomic E-state index is 13.2. The lowest BCUT2D eigenvalue weighted by Gasteiger charge is -2.32. The zero-order chi connectivity index (χ0) is 16.5. The highest BCUT2D eigenvalue weighted by molar-refractivity contribution is 14.1. The fraction of sp³-hybridized carbons (Fsp3) is 0.412. The van der Waals surface area contributed by atoms with Gasteiger partial charge in [0.2, 0.25) is 11.8 Å². The molecule has 2 amide bonds. The number of hydrogen-bond acceptors (Lipinski definition) is 5. The molecule has 0 aromatic heterocycles. The van der Waals surface area contributed by atoms with Gasteiger partial charge in [0.1, 0.15) is 0 Å². The fourth-order valence-corrected chi connectivity index (χ4v) is 4.83. The van der Waals surface area contributed by atoms with E-state index >= 15 is 0 Å². The quantitative estimate of drug-likeness (QED) is 0.397. The number of hydrogen-bond donors (Lipinski definition) is 0. The molecule has 4 atom stereocenters. The number of anilines is 1. The van der Waals surface area contributed by atoms with Crippen LogP contribution in [0, 0.1) is 15.4 Å². The van der Waals surface area contributed by atoms with Crippen LogP contribution in [0.3, 0.4) is 0 Å². The number of amides is 2. The fourth-order valence-electron chi connectivity index (χ4n) is 4.20. The molecular formula is C17H14INO5. The van der Waals surface area contributed by atoms with Crippen LogP contribution in [-0.2, 0) is 23.8 Å². The number of carbonyl (C=O) groups excluding carboxylic acids is 2. The van der Waals surface area contributed by atoms with Crippen molar-refractivity contribution in [3.05, 3.63) is 40.0 Å². The molecule has 0 saturated carbocycles. The van der Waals surface area contributed by atoms with E-state index in [-0.39, 0.29) is 11.8 Å². The highest BCUT2D eigenvalue weighted by atomic mass is 127. The normalized spacial score (nSPS) is 37.7. The highest BCUT2D eigenvalue weighted by Crippen LogP contribution is 2.55. The zero-order valence-electron chi connectivity index (χ0n) is 12.6. The molecule has 124 valence electrons. The van der Waals surface area contributed by atoms with Crippen molar-refractivity contribution in [2.24, 2.45) is 11.8 Å². The molecule has 1 aromatic rings. The number of carbonyl (C=O) groups is 2. The second-order valence-corrected chi connectivity index (χ2v) is 7.50. The number of nitrogens with zero attached hydrogens (tertiary/aromatic N) is 1. The van der Waals surface area contributed by atoms with Gasteiger partial charge in [0.05, 0.1) is 36.8 Å². The van der Waals surface area contributed by atoms with Gasteiger partial charge in [0, 0.05) is 3.57 Å². The lowest BCUT2D eigenvalue weighted by atomic mass is 9.76. The van der Waals surface area contributed by atoms with E-state index in [1.165, 1.54) is 4.90 Å². The standard InChI is InChI=1S/C17H14INO5/c18-9-3-1-2-4-10(9)19-14(20)12-11-5-6-17(24-11,13(12)15(19)21)16-22-7-8-23-16/h1-6,11-13,16H,7-8H2/t11-,12+,13-,17-/m1/s1. The molecule has 24 heavy (non-hydrogen) atoms. The van der Waals surface area contributed by atoms with Gasteiger partial charge in [-0.3, -0.25) is 9.59 Å². The Morgan fingerprint density at radius 1 is 1.12 bits per heavy atom. The highest BCUT2D eigenvalue weighted by Gasteiger charge is 2.71. The Kier molecular flexibility index (Phi) is 3.19. The van der Waals surface area contributed by atoms with E-state index in [4.69, 9.17) is 14.2 Å². The summed E-state index contributed by atoms with van der Waals surface area (Å²) in [6.07, 6.45) is 2.67. The SMILES string of the molecule is O=C1[C@H]2[C@H]3C=C[C@@](C4OCCO4)(O3)[C@H]2C(=O)N1c1ccccc1I. The molecule has 3 fully saturated rings. The van der Waals surface area contributed by atoms with Crippen molar-refractivity contribution in [3.63, 3.8) is 0 Å². The average Bonchev–Trinajstić information content (AvgIpc) is 3.33. The van der Waals surface area contributed by atoms with Crippen molar-refractivity contribution in [1.29, 1.82) is 0 Å². The van der Waals surface area contributed by atoms with E-state index in [1.54, 1.807) is 6.07 Å². The summed E-state index contributed by atoms with van der Waals surface area (Å²) in [5.74, 6) is -1.55. The number of ether oxygens (including phenoxy) is 3. The minimum Gasteiger partial charge on any atom is -0.357 e. The summed E-state index contributed by atoms with van der Waals surface area (Å²) in [7, 11) is 0. The first kappa shape index (κ1) is 15.0. The molecule has 0 spiro atoms. The summed E-state index contributed by atoms with van der Waals surface area (Å²) in [6.45, 7) is 0.933. The Morgan fingerprint density at radius 3 is 2.62 bits per heavy atom. The summed E-state index contributed by atoms with van der Waals surface area (Å²) in [4.78, 5) is 27.5. The molecule has 4 aliphatic rings. The molecule has 0 aliphatic carbocycles. The van der Waals surface area contributed by atoms with Gasteiger partial charge in [0.25, 0.3) is 0 Å². The number of rotatable bonds is 2. The van der Waals surface area contributed by atoms with Crippen molar-refractivity contribution in [1.82, 2.24) is 0 Å². The van der Waals surface area contributed by atoms with Gasteiger partial charge < -0.3 is 14.2 Å². The zero-order valence-corrected chi connectivity index (χ0v) is 14.7. The Bertz CT molecular complexity index is 774. The van der Waals surface area contributed by atoms with Gasteiger partial charge in [-0.1, -0.05) is 18.2 Å². The van der Waals surface area contributed by atoms with Crippen LogP contribution in [0.15, 0.2) is 36.4 Å². The molecule has 4 heterocycles. The third kappa shape index (κ3) is 1.75. The molecule has 0 radical (unpaired) electrons. The summed E-state index contributed by atoms with van der Waals surface area (Å²) < 4.78 is 18.2. The van der Waals surface area contributed by atoms with Gasteiger partial charge >= 0.3 is 0 Å². The molecule has 2 bridgehead atoms. The Labute approximate surface area is 151 Å². The van der Waals surface area contributed by atoms with Crippen LogP contribution < -0.4 is 4.90 Å². The van der Waals surface area contributed by atoms with Crippen molar-refractivity contribution in [2.45, 2.75) is 18.0 Å². The molecule has 4 aliphatic heterocycles. The monoisotopic (exact) mass is 439 g/mol. The summed E-state index contributed by atoms with van der Waals surface area (Å²) in [5, 5.41) is 0. The Morgan fingerprint density at radius 2 is 1.88 bits per heavy atom. The molecule has 3 saturated heterocycles. The molecule has 0 unspecified atom stereocenters. The predicted octanol–water partition coefficient (Wildman–Crippen LogP) is 1.48. The second kappa shape index (κ2) is 5.10. The van der Waals surface area contributed by atoms with E-state index in [0.29, 0.717) is 18.9 Å². The van der Waals surface area contributed by atoms with Crippen LogP contribution in [0.2, 0.25) is 0 Å². The number of benzene rings is 1.